The average molecular weight is 363 g/mol. The van der Waals surface area contributed by atoms with Gasteiger partial charge in [-0.3, -0.25) is 4.99 Å². The van der Waals surface area contributed by atoms with Crippen molar-refractivity contribution in [2.75, 3.05) is 0 Å². The molecule has 1 N–H and O–H groups in total. The largest absolute Gasteiger partial charge is 0.438 e. The van der Waals surface area contributed by atoms with Crippen LogP contribution in [0.3, 0.4) is 0 Å². The van der Waals surface area contributed by atoms with Crippen LogP contribution in [0.2, 0.25) is 0 Å². The van der Waals surface area contributed by atoms with Crippen molar-refractivity contribution in [3.63, 3.8) is 0 Å². The molecule has 1 aromatic rings. The lowest BCUT2D eigenvalue weighted by Crippen LogP contribution is -2.45. The summed E-state index contributed by atoms with van der Waals surface area (Å²) in [6.07, 6.45) is 5.08. The fourth-order valence-electron chi connectivity index (χ4n) is 2.50. The molecule has 1 aromatic carbocycles. The second-order valence-electron chi connectivity index (χ2n) is 4.95. The summed E-state index contributed by atoms with van der Waals surface area (Å²) in [7, 11) is 0. The monoisotopic (exact) mass is 362 g/mol. The maximum Gasteiger partial charge on any atom is 0.408 e. The number of hydrogen-bond acceptors (Lipinski definition) is 3. The summed E-state index contributed by atoms with van der Waals surface area (Å²) in [5, 5.41) is 2.73. The first-order valence-electron chi connectivity index (χ1n) is 6.53. The minimum Gasteiger partial charge on any atom is -0.438 e. The number of alkyl carbamates (subject to hydrolysis) is 1. The molecule has 1 amide bonds. The predicted molar refractivity (Wildman–Crippen MR) is 85.3 cm³/mol. The van der Waals surface area contributed by atoms with Gasteiger partial charge >= 0.3 is 6.09 Å². The molecule has 0 bridgehead atoms. The van der Waals surface area contributed by atoms with E-state index in [0.29, 0.717) is 10.1 Å². The van der Waals surface area contributed by atoms with Crippen LogP contribution < -0.4 is 5.32 Å². The molecule has 4 nitrogen and oxygen atoms in total. The molecule has 2 heterocycles. The van der Waals surface area contributed by atoms with E-state index in [1.54, 1.807) is 36.6 Å². The number of cyclic esters (lactones) is 1. The highest BCUT2D eigenvalue weighted by atomic mass is 79.9. The van der Waals surface area contributed by atoms with E-state index in [1.807, 2.05) is 0 Å². The SMILES string of the molecule is C=C1C=N/C=C(Br)\C=C/[C@@]12NC(=O)OC2c1ccccc1F. The van der Waals surface area contributed by atoms with Crippen LogP contribution in [0.15, 0.2) is 64.2 Å². The molecule has 0 radical (unpaired) electrons. The third-order valence-electron chi connectivity index (χ3n) is 3.60. The third-order valence-corrected chi connectivity index (χ3v) is 4.07. The van der Waals surface area contributed by atoms with E-state index in [4.69, 9.17) is 4.74 Å². The van der Waals surface area contributed by atoms with E-state index in [2.05, 4.69) is 32.8 Å². The van der Waals surface area contributed by atoms with Gasteiger partial charge in [0.25, 0.3) is 0 Å². The predicted octanol–water partition coefficient (Wildman–Crippen LogP) is 3.78. The number of nitrogens with zero attached hydrogens (tertiary/aromatic N) is 1. The first-order chi connectivity index (χ1) is 10.5. The van der Waals surface area contributed by atoms with Gasteiger partial charge < -0.3 is 10.1 Å². The van der Waals surface area contributed by atoms with Crippen LogP contribution in [0.1, 0.15) is 11.7 Å². The second-order valence-corrected chi connectivity index (χ2v) is 5.87. The van der Waals surface area contributed by atoms with E-state index < -0.39 is 23.6 Å². The second kappa shape index (κ2) is 5.53. The topological polar surface area (TPSA) is 50.7 Å². The van der Waals surface area contributed by atoms with E-state index >= 15 is 0 Å². The number of hydrogen-bond donors (Lipinski definition) is 1. The van der Waals surface area contributed by atoms with Gasteiger partial charge in [-0.1, -0.05) is 24.8 Å². The minimum atomic E-state index is -1.09. The summed E-state index contributed by atoms with van der Waals surface area (Å²) < 4.78 is 20.2. The lowest BCUT2D eigenvalue weighted by molar-refractivity contribution is 0.125. The molecule has 6 heteroatoms. The highest BCUT2D eigenvalue weighted by molar-refractivity contribution is 9.11. The molecule has 2 aliphatic rings. The van der Waals surface area contributed by atoms with Gasteiger partial charge in [0, 0.05) is 22.5 Å². The van der Waals surface area contributed by atoms with Crippen LogP contribution in [0.4, 0.5) is 9.18 Å². The molecule has 1 saturated heterocycles. The molecule has 2 atom stereocenters. The Bertz CT molecular complexity index is 741. The number of aliphatic imine (C=N–C) groups is 1. The molecule has 1 unspecified atom stereocenters. The number of rotatable bonds is 1. The van der Waals surface area contributed by atoms with Crippen LogP contribution in [-0.2, 0) is 4.74 Å². The molecule has 0 aromatic heterocycles. The van der Waals surface area contributed by atoms with Gasteiger partial charge in [0.1, 0.15) is 11.4 Å². The molecule has 1 fully saturated rings. The van der Waals surface area contributed by atoms with Crippen molar-refractivity contribution in [1.29, 1.82) is 0 Å². The summed E-state index contributed by atoms with van der Waals surface area (Å²) in [6, 6.07) is 6.19. The number of carbonyl (C=O) groups is 1. The lowest BCUT2D eigenvalue weighted by Gasteiger charge is -2.31. The number of carbonyl (C=O) groups excluding carboxylic acids is 1. The van der Waals surface area contributed by atoms with Gasteiger partial charge in [0.05, 0.1) is 0 Å². The van der Waals surface area contributed by atoms with Crippen molar-refractivity contribution in [2.45, 2.75) is 11.6 Å². The number of allylic oxidation sites excluding steroid dienone is 2. The van der Waals surface area contributed by atoms with Gasteiger partial charge in [-0.05, 0) is 39.7 Å². The summed E-state index contributed by atoms with van der Waals surface area (Å²) in [5.74, 6) is -0.446. The Kier molecular flexibility index (Phi) is 3.70. The van der Waals surface area contributed by atoms with Crippen molar-refractivity contribution in [1.82, 2.24) is 5.32 Å². The molecule has 0 aliphatic carbocycles. The number of benzene rings is 1. The Morgan fingerprint density at radius 1 is 1.41 bits per heavy atom. The normalized spacial score (nSPS) is 31.0. The van der Waals surface area contributed by atoms with Crippen molar-refractivity contribution in [3.05, 3.63) is 70.6 Å². The first-order valence-corrected chi connectivity index (χ1v) is 7.33. The van der Waals surface area contributed by atoms with Crippen LogP contribution in [0, 0.1) is 5.82 Å². The van der Waals surface area contributed by atoms with Gasteiger partial charge in [0.15, 0.2) is 6.10 Å². The molecular weight excluding hydrogens is 351 g/mol. The lowest BCUT2D eigenvalue weighted by atomic mass is 9.81. The van der Waals surface area contributed by atoms with Crippen molar-refractivity contribution in [2.24, 2.45) is 4.99 Å². The van der Waals surface area contributed by atoms with Crippen LogP contribution >= 0.6 is 15.9 Å². The standard InChI is InChI=1S/C16H12BrFN2O2/c1-10-8-19-9-11(17)6-7-16(10)14(22-15(21)20-16)12-4-2-3-5-13(12)18/h2-9,14H,1H2,(H,20,21)/b7-6-,11-9+,19-8?/t14?,16-/m1/s1. The Balaban J connectivity index is 2.16. The number of halogens is 2. The average Bonchev–Trinajstić information content (AvgIpc) is 2.82. The highest BCUT2D eigenvalue weighted by Crippen LogP contribution is 2.41. The smallest absolute Gasteiger partial charge is 0.408 e. The van der Waals surface area contributed by atoms with E-state index in [9.17, 15) is 9.18 Å². The maximum atomic E-state index is 14.2. The summed E-state index contributed by atoms with van der Waals surface area (Å²) in [4.78, 5) is 15.9. The minimum absolute atomic E-state index is 0.278. The van der Waals surface area contributed by atoms with Crippen molar-refractivity contribution >= 4 is 28.2 Å². The van der Waals surface area contributed by atoms with Gasteiger partial charge in [-0.25, -0.2) is 9.18 Å². The van der Waals surface area contributed by atoms with Crippen LogP contribution in [0.5, 0.6) is 0 Å². The zero-order valence-electron chi connectivity index (χ0n) is 11.4. The molecule has 22 heavy (non-hydrogen) atoms. The fraction of sp³-hybridized carbons (Fsp3) is 0.125. The Labute approximate surface area is 135 Å². The van der Waals surface area contributed by atoms with Crippen LogP contribution in [0.25, 0.3) is 0 Å². The fourth-order valence-corrected chi connectivity index (χ4v) is 2.75. The molecule has 1 spiro atoms. The number of ether oxygens (including phenoxy) is 1. The van der Waals surface area contributed by atoms with Gasteiger partial charge in [-0.2, -0.15) is 0 Å². The van der Waals surface area contributed by atoms with E-state index in [0.717, 1.165) is 0 Å². The maximum absolute atomic E-state index is 14.2. The van der Waals surface area contributed by atoms with E-state index in [1.165, 1.54) is 12.3 Å². The number of nitrogens with one attached hydrogen (secondary N) is 1. The quantitative estimate of drug-likeness (QED) is 0.826. The Hall–Kier alpha value is -2.21. The number of amides is 1. The molecule has 112 valence electrons. The zero-order chi connectivity index (χ0) is 15.7. The van der Waals surface area contributed by atoms with Gasteiger partial charge in [0.2, 0.25) is 0 Å². The summed E-state index contributed by atoms with van der Waals surface area (Å²) >= 11 is 3.33. The summed E-state index contributed by atoms with van der Waals surface area (Å²) in [6.45, 7) is 3.95. The highest BCUT2D eigenvalue weighted by Gasteiger charge is 2.50. The molecule has 0 saturated carbocycles. The molecule has 3 rings (SSSR count). The van der Waals surface area contributed by atoms with E-state index in [-0.39, 0.29) is 5.56 Å². The van der Waals surface area contributed by atoms with Crippen molar-refractivity contribution in [3.8, 4) is 0 Å². The molecule has 2 aliphatic heterocycles. The first kappa shape index (κ1) is 14.7. The summed E-state index contributed by atoms with van der Waals surface area (Å²) in [5.41, 5.74) is -0.310. The van der Waals surface area contributed by atoms with Crippen LogP contribution in [-0.4, -0.2) is 17.8 Å². The third kappa shape index (κ3) is 2.39. The Morgan fingerprint density at radius 2 is 2.18 bits per heavy atom. The van der Waals surface area contributed by atoms with Crippen molar-refractivity contribution < 1.29 is 13.9 Å². The molecular formula is C16H12BrFN2O2. The zero-order valence-corrected chi connectivity index (χ0v) is 13.0. The van der Waals surface area contributed by atoms with Gasteiger partial charge in [-0.15, -0.1) is 0 Å². The Morgan fingerprint density at radius 3 is 2.95 bits per heavy atom.